The summed E-state index contributed by atoms with van der Waals surface area (Å²) in [4.78, 5) is 2.53. The number of aliphatic hydroxyl groups excluding tert-OH is 1. The van der Waals surface area contributed by atoms with Crippen LogP contribution in [0, 0.1) is 13.8 Å². The highest BCUT2D eigenvalue weighted by molar-refractivity contribution is 5.84. The van der Waals surface area contributed by atoms with Gasteiger partial charge in [-0.25, -0.2) is 0 Å². The standard InChI is InChI=1S/C40H41N5O/c1-28-35(32-15-11-30(12-16-32)26-41-20-24-46)7-5-9-37(28)38-10-6-8-36(29(38)2)34-19-23-45-39(25-34)42-43-40(45)33-17-13-31(14-18-33)27-44-21-3-4-22-44/h5-19,23,25,41,46H,3-4,20-22,24,26-27H2,1-2H3. The van der Waals surface area contributed by atoms with Crippen LogP contribution < -0.4 is 5.32 Å². The SMILES string of the molecule is Cc1c(-c2ccc(CNCCO)cc2)cccc1-c1cccc(-c2ccn3c(-c4ccc(CN5CCCC5)cc4)nnc3c2)c1C. The molecule has 1 aliphatic rings. The molecular weight excluding hydrogens is 566 g/mol. The average Bonchev–Trinajstić information content (AvgIpc) is 3.76. The van der Waals surface area contributed by atoms with Gasteiger partial charge in [-0.05, 0) is 108 Å². The van der Waals surface area contributed by atoms with E-state index in [1.54, 1.807) is 0 Å². The highest BCUT2D eigenvalue weighted by Crippen LogP contribution is 2.37. The number of fused-ring (bicyclic) bond motifs is 1. The first-order valence-corrected chi connectivity index (χ1v) is 16.4. The highest BCUT2D eigenvalue weighted by Gasteiger charge is 2.16. The smallest absolute Gasteiger partial charge is 0.168 e. The molecule has 0 amide bonds. The van der Waals surface area contributed by atoms with Crippen molar-refractivity contribution in [1.29, 1.82) is 0 Å². The molecule has 0 bridgehead atoms. The van der Waals surface area contributed by atoms with Crippen LogP contribution in [-0.4, -0.2) is 50.8 Å². The van der Waals surface area contributed by atoms with Gasteiger partial charge in [0.25, 0.3) is 0 Å². The lowest BCUT2D eigenvalue weighted by Gasteiger charge is -2.17. The van der Waals surface area contributed by atoms with E-state index in [4.69, 9.17) is 5.11 Å². The first-order chi connectivity index (χ1) is 22.6. The fraction of sp³-hybridized carbons (Fsp3) is 0.250. The quantitative estimate of drug-likeness (QED) is 0.156. The maximum atomic E-state index is 9.04. The molecule has 0 saturated carbocycles. The molecule has 2 aromatic heterocycles. The molecule has 1 aliphatic heterocycles. The van der Waals surface area contributed by atoms with Gasteiger partial charge < -0.3 is 10.4 Å². The molecule has 0 unspecified atom stereocenters. The lowest BCUT2D eigenvalue weighted by molar-refractivity contribution is 0.292. The van der Waals surface area contributed by atoms with Crippen molar-refractivity contribution in [3.8, 4) is 44.8 Å². The molecule has 6 aromatic rings. The Morgan fingerprint density at radius 3 is 1.96 bits per heavy atom. The van der Waals surface area contributed by atoms with Crippen molar-refractivity contribution < 1.29 is 5.11 Å². The third-order valence-electron chi connectivity index (χ3n) is 9.38. The number of rotatable bonds is 10. The van der Waals surface area contributed by atoms with Gasteiger partial charge in [0.05, 0.1) is 6.61 Å². The second kappa shape index (κ2) is 13.4. The lowest BCUT2D eigenvalue weighted by atomic mass is 9.88. The number of aliphatic hydroxyl groups is 1. The third-order valence-corrected chi connectivity index (χ3v) is 9.38. The minimum Gasteiger partial charge on any atom is -0.395 e. The molecule has 46 heavy (non-hydrogen) atoms. The van der Waals surface area contributed by atoms with E-state index in [0.717, 1.165) is 35.7 Å². The summed E-state index contributed by atoms with van der Waals surface area (Å²) in [6.07, 6.45) is 4.72. The van der Waals surface area contributed by atoms with E-state index in [1.165, 1.54) is 76.0 Å². The zero-order chi connectivity index (χ0) is 31.5. The van der Waals surface area contributed by atoms with Crippen molar-refractivity contribution in [3.63, 3.8) is 0 Å². The summed E-state index contributed by atoms with van der Waals surface area (Å²) in [5, 5.41) is 21.4. The van der Waals surface area contributed by atoms with Crippen LogP contribution in [0.25, 0.3) is 50.4 Å². The normalized spacial score (nSPS) is 13.5. The van der Waals surface area contributed by atoms with Crippen LogP contribution in [-0.2, 0) is 13.1 Å². The van der Waals surface area contributed by atoms with Gasteiger partial charge in [0.15, 0.2) is 11.5 Å². The van der Waals surface area contributed by atoms with Crippen LogP contribution in [0.4, 0.5) is 0 Å². The van der Waals surface area contributed by atoms with Gasteiger partial charge in [-0.1, -0.05) is 84.9 Å². The number of hydrogen-bond acceptors (Lipinski definition) is 5. The van der Waals surface area contributed by atoms with Crippen LogP contribution in [0.1, 0.15) is 35.1 Å². The fourth-order valence-corrected chi connectivity index (χ4v) is 6.81. The van der Waals surface area contributed by atoms with E-state index in [0.29, 0.717) is 6.54 Å². The van der Waals surface area contributed by atoms with Crippen molar-refractivity contribution in [1.82, 2.24) is 24.8 Å². The van der Waals surface area contributed by atoms with Crippen molar-refractivity contribution in [2.45, 2.75) is 39.8 Å². The fourth-order valence-electron chi connectivity index (χ4n) is 6.81. The summed E-state index contributed by atoms with van der Waals surface area (Å²) in [6.45, 7) is 9.35. The Kier molecular flexibility index (Phi) is 8.75. The monoisotopic (exact) mass is 607 g/mol. The molecule has 0 radical (unpaired) electrons. The summed E-state index contributed by atoms with van der Waals surface area (Å²) >= 11 is 0. The molecular formula is C40H41N5O. The Hall–Kier alpha value is -4.62. The molecule has 0 aliphatic carbocycles. The third kappa shape index (κ3) is 6.12. The lowest BCUT2D eigenvalue weighted by Crippen LogP contribution is -2.18. The Labute approximate surface area is 271 Å². The predicted octanol–water partition coefficient (Wildman–Crippen LogP) is 7.69. The van der Waals surface area contributed by atoms with Crippen LogP contribution in [0.5, 0.6) is 0 Å². The van der Waals surface area contributed by atoms with Gasteiger partial charge in [0, 0.05) is 31.4 Å². The van der Waals surface area contributed by atoms with E-state index in [1.807, 2.05) is 0 Å². The van der Waals surface area contributed by atoms with E-state index >= 15 is 0 Å². The van der Waals surface area contributed by atoms with Crippen molar-refractivity contribution in [2.24, 2.45) is 0 Å². The molecule has 0 atom stereocenters. The van der Waals surface area contributed by atoms with Crippen LogP contribution in [0.2, 0.25) is 0 Å². The maximum Gasteiger partial charge on any atom is 0.168 e. The van der Waals surface area contributed by atoms with Gasteiger partial charge in [-0.2, -0.15) is 0 Å². The summed E-state index contributed by atoms with van der Waals surface area (Å²) in [6, 6.07) is 35.0. The second-order valence-corrected chi connectivity index (χ2v) is 12.4. The number of nitrogens with zero attached hydrogens (tertiary/aromatic N) is 4. The molecule has 3 heterocycles. The zero-order valence-corrected chi connectivity index (χ0v) is 26.7. The van der Waals surface area contributed by atoms with Gasteiger partial charge in [-0.15, -0.1) is 10.2 Å². The Bertz CT molecular complexity index is 1950. The first kappa shape index (κ1) is 30.1. The first-order valence-electron chi connectivity index (χ1n) is 16.4. The summed E-state index contributed by atoms with van der Waals surface area (Å²) in [7, 11) is 0. The molecule has 232 valence electrons. The summed E-state index contributed by atoms with van der Waals surface area (Å²) < 4.78 is 2.08. The van der Waals surface area contributed by atoms with Crippen LogP contribution >= 0.6 is 0 Å². The highest BCUT2D eigenvalue weighted by atomic mass is 16.3. The van der Waals surface area contributed by atoms with Crippen molar-refractivity contribution in [2.75, 3.05) is 26.2 Å². The van der Waals surface area contributed by atoms with E-state index in [2.05, 4.69) is 142 Å². The molecule has 1 saturated heterocycles. The largest absolute Gasteiger partial charge is 0.395 e. The molecule has 6 nitrogen and oxygen atoms in total. The zero-order valence-electron chi connectivity index (χ0n) is 26.7. The Morgan fingerprint density at radius 2 is 1.28 bits per heavy atom. The average molecular weight is 608 g/mol. The number of aromatic nitrogens is 3. The van der Waals surface area contributed by atoms with Crippen molar-refractivity contribution >= 4 is 5.65 Å². The van der Waals surface area contributed by atoms with E-state index in [-0.39, 0.29) is 6.61 Å². The van der Waals surface area contributed by atoms with E-state index < -0.39 is 0 Å². The molecule has 4 aromatic carbocycles. The Morgan fingerprint density at radius 1 is 0.674 bits per heavy atom. The number of pyridine rings is 1. The van der Waals surface area contributed by atoms with Gasteiger partial charge >= 0.3 is 0 Å². The molecule has 6 heteroatoms. The van der Waals surface area contributed by atoms with Gasteiger partial charge in [0.2, 0.25) is 0 Å². The maximum absolute atomic E-state index is 9.04. The predicted molar refractivity (Wildman–Crippen MR) is 188 cm³/mol. The molecule has 7 rings (SSSR count). The molecule has 2 N–H and O–H groups in total. The van der Waals surface area contributed by atoms with Crippen LogP contribution in [0.3, 0.4) is 0 Å². The minimum atomic E-state index is 0.148. The second-order valence-electron chi connectivity index (χ2n) is 12.4. The number of hydrogen-bond donors (Lipinski definition) is 2. The van der Waals surface area contributed by atoms with Crippen molar-refractivity contribution in [3.05, 3.63) is 126 Å². The molecule has 0 spiro atoms. The number of nitrogens with one attached hydrogen (secondary N) is 1. The Balaban J connectivity index is 1.15. The minimum absolute atomic E-state index is 0.148. The topological polar surface area (TPSA) is 65.7 Å². The van der Waals surface area contributed by atoms with E-state index in [9.17, 15) is 0 Å². The number of benzene rings is 4. The summed E-state index contributed by atoms with van der Waals surface area (Å²) in [5.41, 5.74) is 14.2. The van der Waals surface area contributed by atoms with Gasteiger partial charge in [-0.3, -0.25) is 9.30 Å². The summed E-state index contributed by atoms with van der Waals surface area (Å²) in [5.74, 6) is 0.863. The number of likely N-dealkylation sites (tertiary alicyclic amines) is 1. The van der Waals surface area contributed by atoms with Crippen LogP contribution in [0.15, 0.2) is 103 Å². The molecule has 1 fully saturated rings. The van der Waals surface area contributed by atoms with Gasteiger partial charge in [0.1, 0.15) is 0 Å².